The van der Waals surface area contributed by atoms with Crippen LogP contribution in [0.4, 0.5) is 4.39 Å². The van der Waals surface area contributed by atoms with Crippen molar-refractivity contribution in [2.45, 2.75) is 27.2 Å². The Hall–Kier alpha value is -1.19. The van der Waals surface area contributed by atoms with E-state index in [0.717, 1.165) is 12.7 Å². The fourth-order valence-corrected chi connectivity index (χ4v) is 0.858. The van der Waals surface area contributed by atoms with E-state index in [1.807, 2.05) is 0 Å². The second kappa shape index (κ2) is 4.35. The molecule has 0 aromatic carbocycles. The third-order valence-corrected chi connectivity index (χ3v) is 1.71. The van der Waals surface area contributed by atoms with E-state index >= 15 is 0 Å². The summed E-state index contributed by atoms with van der Waals surface area (Å²) in [4.78, 5) is 7.12. The van der Waals surface area contributed by atoms with Crippen LogP contribution in [0.3, 0.4) is 0 Å². The predicted molar refractivity (Wildman–Crippen MR) is 51.6 cm³/mol. The number of rotatable bonds is 3. The highest BCUT2D eigenvalue weighted by atomic mass is 19.1. The lowest BCUT2D eigenvalue weighted by molar-refractivity contribution is 0.235. The maximum Gasteiger partial charge on any atom is 0.219 e. The first-order valence-corrected chi connectivity index (χ1v) is 4.58. The molecule has 0 spiro atoms. The summed E-state index contributed by atoms with van der Waals surface area (Å²) in [6, 6.07) is 1.18. The minimum atomic E-state index is -0.564. The molecule has 0 aliphatic heterocycles. The van der Waals surface area contributed by atoms with Crippen LogP contribution in [0, 0.1) is 11.4 Å². The van der Waals surface area contributed by atoms with Gasteiger partial charge in [0.05, 0.1) is 12.7 Å². The first-order valence-electron chi connectivity index (χ1n) is 4.58. The fourth-order valence-electron chi connectivity index (χ4n) is 0.858. The molecule has 3 nitrogen and oxygen atoms in total. The van der Waals surface area contributed by atoms with Crippen LogP contribution in [0.5, 0.6) is 5.88 Å². The third-order valence-electron chi connectivity index (χ3n) is 1.71. The Kier molecular flexibility index (Phi) is 3.38. The molecule has 0 saturated carbocycles. The Morgan fingerprint density at radius 2 is 2.07 bits per heavy atom. The molecule has 0 fully saturated rings. The Bertz CT molecular complexity index is 296. The SMILES string of the molecule is CC(C)(C)CCOc1cc(F)ncn1. The molecule has 4 heteroatoms. The standard InChI is InChI=1S/C10H15FN2O/c1-10(2,3)4-5-14-9-6-8(11)12-7-13-9/h6-7H,4-5H2,1-3H3. The lowest BCUT2D eigenvalue weighted by atomic mass is 9.93. The smallest absolute Gasteiger partial charge is 0.219 e. The summed E-state index contributed by atoms with van der Waals surface area (Å²) in [6.45, 7) is 6.91. The summed E-state index contributed by atoms with van der Waals surface area (Å²) in [5, 5.41) is 0. The molecular formula is C10H15FN2O. The van der Waals surface area contributed by atoms with Gasteiger partial charge in [0.1, 0.15) is 6.33 Å². The predicted octanol–water partition coefficient (Wildman–Crippen LogP) is 2.43. The molecule has 0 saturated heterocycles. The highest BCUT2D eigenvalue weighted by molar-refractivity contribution is 5.05. The zero-order valence-corrected chi connectivity index (χ0v) is 8.75. The summed E-state index contributed by atoms with van der Waals surface area (Å²) in [7, 11) is 0. The first kappa shape index (κ1) is 10.9. The van der Waals surface area contributed by atoms with Crippen molar-refractivity contribution in [3.8, 4) is 5.88 Å². The summed E-state index contributed by atoms with van der Waals surface area (Å²) in [6.07, 6.45) is 2.06. The molecule has 0 aliphatic carbocycles. The summed E-state index contributed by atoms with van der Waals surface area (Å²) in [5.41, 5.74) is 0.214. The molecule has 78 valence electrons. The number of hydrogen-bond acceptors (Lipinski definition) is 3. The molecule has 0 atom stereocenters. The highest BCUT2D eigenvalue weighted by Gasteiger charge is 2.10. The van der Waals surface area contributed by atoms with Crippen molar-refractivity contribution >= 4 is 0 Å². The second-order valence-corrected chi connectivity index (χ2v) is 4.34. The van der Waals surface area contributed by atoms with E-state index in [4.69, 9.17) is 4.74 Å². The molecule has 1 aromatic heterocycles. The Morgan fingerprint density at radius 3 is 2.64 bits per heavy atom. The number of aromatic nitrogens is 2. The van der Waals surface area contributed by atoms with Crippen molar-refractivity contribution in [2.24, 2.45) is 5.41 Å². The van der Waals surface area contributed by atoms with E-state index in [2.05, 4.69) is 30.7 Å². The molecule has 1 heterocycles. The zero-order valence-electron chi connectivity index (χ0n) is 8.75. The van der Waals surface area contributed by atoms with Crippen LogP contribution in [0.15, 0.2) is 12.4 Å². The van der Waals surface area contributed by atoms with Gasteiger partial charge in [-0.3, -0.25) is 0 Å². The molecule has 0 bridgehead atoms. The monoisotopic (exact) mass is 198 g/mol. The van der Waals surface area contributed by atoms with Crippen molar-refractivity contribution in [3.05, 3.63) is 18.3 Å². The molecule has 1 aromatic rings. The minimum absolute atomic E-state index is 0.214. The number of hydrogen-bond donors (Lipinski definition) is 0. The van der Waals surface area contributed by atoms with Gasteiger partial charge in [-0.25, -0.2) is 9.97 Å². The molecule has 1 rings (SSSR count). The molecule has 0 aliphatic rings. The van der Waals surface area contributed by atoms with Crippen LogP contribution in [-0.2, 0) is 0 Å². The topological polar surface area (TPSA) is 35.0 Å². The maximum atomic E-state index is 12.6. The molecule has 0 radical (unpaired) electrons. The Morgan fingerprint density at radius 1 is 1.36 bits per heavy atom. The van der Waals surface area contributed by atoms with Crippen LogP contribution in [0.1, 0.15) is 27.2 Å². The van der Waals surface area contributed by atoms with Gasteiger partial charge in [0.2, 0.25) is 11.8 Å². The fraction of sp³-hybridized carbons (Fsp3) is 0.600. The van der Waals surface area contributed by atoms with Crippen molar-refractivity contribution in [2.75, 3.05) is 6.61 Å². The van der Waals surface area contributed by atoms with Gasteiger partial charge >= 0.3 is 0 Å². The van der Waals surface area contributed by atoms with Gasteiger partial charge in [-0.2, -0.15) is 4.39 Å². The van der Waals surface area contributed by atoms with E-state index in [9.17, 15) is 4.39 Å². The van der Waals surface area contributed by atoms with Gasteiger partial charge in [0.25, 0.3) is 0 Å². The van der Waals surface area contributed by atoms with Gasteiger partial charge in [-0.1, -0.05) is 20.8 Å². The minimum Gasteiger partial charge on any atom is -0.477 e. The molecular weight excluding hydrogens is 183 g/mol. The number of ether oxygens (including phenoxy) is 1. The van der Waals surface area contributed by atoms with Crippen molar-refractivity contribution in [1.29, 1.82) is 0 Å². The molecule has 0 amide bonds. The van der Waals surface area contributed by atoms with E-state index in [0.29, 0.717) is 12.5 Å². The van der Waals surface area contributed by atoms with E-state index < -0.39 is 5.95 Å². The lowest BCUT2D eigenvalue weighted by Gasteiger charge is -2.17. The maximum absolute atomic E-state index is 12.6. The van der Waals surface area contributed by atoms with Crippen LogP contribution < -0.4 is 4.74 Å². The normalized spacial score (nSPS) is 11.4. The second-order valence-electron chi connectivity index (χ2n) is 4.34. The van der Waals surface area contributed by atoms with Crippen LogP contribution in [0.25, 0.3) is 0 Å². The van der Waals surface area contributed by atoms with Crippen molar-refractivity contribution in [3.63, 3.8) is 0 Å². The van der Waals surface area contributed by atoms with Gasteiger partial charge in [-0.05, 0) is 11.8 Å². The lowest BCUT2D eigenvalue weighted by Crippen LogP contribution is -2.11. The average molecular weight is 198 g/mol. The molecule has 0 unspecified atom stereocenters. The van der Waals surface area contributed by atoms with Gasteiger partial charge in [0, 0.05) is 0 Å². The highest BCUT2D eigenvalue weighted by Crippen LogP contribution is 2.18. The largest absolute Gasteiger partial charge is 0.477 e. The van der Waals surface area contributed by atoms with Crippen LogP contribution in [-0.4, -0.2) is 16.6 Å². The quantitative estimate of drug-likeness (QED) is 0.700. The van der Waals surface area contributed by atoms with E-state index in [1.165, 1.54) is 6.07 Å². The van der Waals surface area contributed by atoms with E-state index in [1.54, 1.807) is 0 Å². The summed E-state index contributed by atoms with van der Waals surface area (Å²) < 4.78 is 17.9. The molecule has 0 N–H and O–H groups in total. The summed E-state index contributed by atoms with van der Waals surface area (Å²) >= 11 is 0. The number of halogens is 1. The van der Waals surface area contributed by atoms with Crippen molar-refractivity contribution in [1.82, 2.24) is 9.97 Å². The van der Waals surface area contributed by atoms with Gasteiger partial charge in [0.15, 0.2) is 0 Å². The molecule has 14 heavy (non-hydrogen) atoms. The average Bonchev–Trinajstić information content (AvgIpc) is 2.01. The third kappa shape index (κ3) is 4.16. The van der Waals surface area contributed by atoms with E-state index in [-0.39, 0.29) is 5.41 Å². The number of nitrogens with zero attached hydrogens (tertiary/aromatic N) is 2. The van der Waals surface area contributed by atoms with Gasteiger partial charge < -0.3 is 4.74 Å². The summed E-state index contributed by atoms with van der Waals surface area (Å²) in [5.74, 6) is -0.271. The van der Waals surface area contributed by atoms with Crippen LogP contribution in [0.2, 0.25) is 0 Å². The van der Waals surface area contributed by atoms with Crippen LogP contribution >= 0.6 is 0 Å². The Labute approximate surface area is 83.3 Å². The first-order chi connectivity index (χ1) is 6.47. The van der Waals surface area contributed by atoms with Gasteiger partial charge in [-0.15, -0.1) is 0 Å². The zero-order chi connectivity index (χ0) is 10.6. The van der Waals surface area contributed by atoms with Crippen molar-refractivity contribution < 1.29 is 9.13 Å². The Balaban J connectivity index is 2.39.